The predicted octanol–water partition coefficient (Wildman–Crippen LogP) is 2.13. The van der Waals surface area contributed by atoms with E-state index in [9.17, 15) is 15.0 Å². The van der Waals surface area contributed by atoms with E-state index in [2.05, 4.69) is 0 Å². The van der Waals surface area contributed by atoms with Crippen LogP contribution in [0.3, 0.4) is 0 Å². The summed E-state index contributed by atoms with van der Waals surface area (Å²) in [6, 6.07) is 11.0. The van der Waals surface area contributed by atoms with Gasteiger partial charge in [0.1, 0.15) is 5.75 Å². The molecule has 0 fully saturated rings. The molecule has 0 saturated carbocycles. The predicted molar refractivity (Wildman–Crippen MR) is 79.8 cm³/mol. The van der Waals surface area contributed by atoms with Crippen molar-refractivity contribution in [2.24, 2.45) is 5.73 Å². The summed E-state index contributed by atoms with van der Waals surface area (Å²) in [6.45, 7) is 0. The average Bonchev–Trinajstić information content (AvgIpc) is 2.44. The molecule has 0 radical (unpaired) electrons. The molecule has 1 amide bonds. The lowest BCUT2D eigenvalue weighted by molar-refractivity contribution is -0.112. The Hall–Kier alpha value is -2.95. The van der Waals surface area contributed by atoms with E-state index in [0.717, 1.165) is 0 Å². The maximum absolute atomic E-state index is 11.6. The Balaban J connectivity index is 2.47. The van der Waals surface area contributed by atoms with Crippen LogP contribution in [0.15, 0.2) is 42.5 Å². The van der Waals surface area contributed by atoms with Crippen LogP contribution in [0.25, 0.3) is 11.6 Å². The summed E-state index contributed by atoms with van der Waals surface area (Å²) in [4.78, 5) is 11.6. The first-order chi connectivity index (χ1) is 10.0. The van der Waals surface area contributed by atoms with Crippen molar-refractivity contribution in [3.63, 3.8) is 0 Å². The highest BCUT2D eigenvalue weighted by Gasteiger charge is 2.10. The van der Waals surface area contributed by atoms with Crippen LogP contribution < -0.4 is 10.5 Å². The second-order valence-corrected chi connectivity index (χ2v) is 4.40. The van der Waals surface area contributed by atoms with Crippen LogP contribution in [0.5, 0.6) is 17.2 Å². The molecule has 108 valence electrons. The number of methoxy groups -OCH3 is 1. The lowest BCUT2D eigenvalue weighted by Gasteiger charge is -2.07. The molecular formula is C16H15NO4. The molecule has 0 aliphatic rings. The van der Waals surface area contributed by atoms with Gasteiger partial charge in [-0.15, -0.1) is 0 Å². The summed E-state index contributed by atoms with van der Waals surface area (Å²) in [5.74, 6) is -0.288. The van der Waals surface area contributed by atoms with E-state index in [1.54, 1.807) is 24.3 Å². The normalized spacial score (nSPS) is 11.2. The van der Waals surface area contributed by atoms with E-state index < -0.39 is 5.91 Å². The monoisotopic (exact) mass is 285 g/mol. The van der Waals surface area contributed by atoms with E-state index in [-0.39, 0.29) is 17.1 Å². The fourth-order valence-electron chi connectivity index (χ4n) is 1.93. The van der Waals surface area contributed by atoms with Gasteiger partial charge in [0.2, 0.25) is 5.91 Å². The van der Waals surface area contributed by atoms with Crippen LogP contribution in [-0.2, 0) is 4.79 Å². The second kappa shape index (κ2) is 6.00. The minimum atomic E-state index is -0.629. The molecule has 0 bridgehead atoms. The fraction of sp³-hybridized carbons (Fsp3) is 0.0625. The Kier molecular flexibility index (Phi) is 4.13. The highest BCUT2D eigenvalue weighted by molar-refractivity contribution is 6.23. The Morgan fingerprint density at radius 3 is 2.52 bits per heavy atom. The van der Waals surface area contributed by atoms with E-state index in [4.69, 9.17) is 10.5 Å². The first kappa shape index (κ1) is 14.5. The highest BCUT2D eigenvalue weighted by atomic mass is 16.5. The van der Waals surface area contributed by atoms with Crippen LogP contribution in [0.4, 0.5) is 0 Å². The average molecular weight is 285 g/mol. The second-order valence-electron chi connectivity index (χ2n) is 4.40. The molecule has 2 aromatic carbocycles. The molecule has 0 aliphatic heterocycles. The molecule has 0 unspecified atom stereocenters. The van der Waals surface area contributed by atoms with Crippen LogP contribution in [0, 0.1) is 0 Å². The maximum Gasteiger partial charge on any atom is 0.249 e. The number of ether oxygens (including phenoxy) is 1. The topological polar surface area (TPSA) is 92.8 Å². The number of nitrogens with two attached hydrogens (primary N) is 1. The van der Waals surface area contributed by atoms with E-state index in [0.29, 0.717) is 16.9 Å². The summed E-state index contributed by atoms with van der Waals surface area (Å²) in [5.41, 5.74) is 6.70. The minimum Gasteiger partial charge on any atom is -0.508 e. The molecule has 5 nitrogen and oxygen atoms in total. The van der Waals surface area contributed by atoms with E-state index in [1.807, 2.05) is 0 Å². The van der Waals surface area contributed by atoms with Gasteiger partial charge in [0.15, 0.2) is 11.5 Å². The van der Waals surface area contributed by atoms with Crippen LogP contribution >= 0.6 is 0 Å². The summed E-state index contributed by atoms with van der Waals surface area (Å²) in [5, 5.41) is 19.2. The molecule has 0 atom stereocenters. The first-order valence-electron chi connectivity index (χ1n) is 6.19. The number of carbonyl (C=O) groups is 1. The van der Waals surface area contributed by atoms with E-state index >= 15 is 0 Å². The zero-order chi connectivity index (χ0) is 15.4. The fourth-order valence-corrected chi connectivity index (χ4v) is 1.93. The summed E-state index contributed by atoms with van der Waals surface area (Å²) in [7, 11) is 1.45. The molecule has 2 rings (SSSR count). The van der Waals surface area contributed by atoms with Gasteiger partial charge in [-0.25, -0.2) is 0 Å². The van der Waals surface area contributed by atoms with Gasteiger partial charge in [-0.05, 0) is 41.5 Å². The number of benzene rings is 2. The Morgan fingerprint density at radius 1 is 1.19 bits per heavy atom. The van der Waals surface area contributed by atoms with Crippen molar-refractivity contribution in [3.05, 3.63) is 53.6 Å². The number of carbonyl (C=O) groups excluding carboxylic acids is 1. The first-order valence-corrected chi connectivity index (χ1v) is 6.19. The molecule has 5 heteroatoms. The Labute approximate surface area is 121 Å². The Bertz CT molecular complexity index is 707. The Morgan fingerprint density at radius 2 is 1.95 bits per heavy atom. The number of hydrogen-bond donors (Lipinski definition) is 3. The van der Waals surface area contributed by atoms with E-state index in [1.165, 1.54) is 31.4 Å². The molecule has 0 aliphatic carbocycles. The SMILES string of the molecule is COc1ccc(/C=C(/C(N)=O)c2cccc(O)c2)cc1O. The number of phenols is 2. The van der Waals surface area contributed by atoms with Gasteiger partial charge in [0, 0.05) is 5.57 Å². The lowest BCUT2D eigenvalue weighted by Crippen LogP contribution is -2.12. The quantitative estimate of drug-likeness (QED) is 0.592. The smallest absolute Gasteiger partial charge is 0.249 e. The van der Waals surface area contributed by atoms with Crippen molar-refractivity contribution < 1.29 is 19.7 Å². The van der Waals surface area contributed by atoms with Crippen molar-refractivity contribution in [3.8, 4) is 17.2 Å². The number of aromatic hydroxyl groups is 2. The summed E-state index contributed by atoms with van der Waals surface area (Å²) in [6.07, 6.45) is 1.54. The van der Waals surface area contributed by atoms with Crippen molar-refractivity contribution in [2.45, 2.75) is 0 Å². The third kappa shape index (κ3) is 3.33. The molecule has 0 saturated heterocycles. The van der Waals surface area contributed by atoms with Crippen molar-refractivity contribution in [2.75, 3.05) is 7.11 Å². The van der Waals surface area contributed by atoms with Crippen LogP contribution in [0.2, 0.25) is 0 Å². The van der Waals surface area contributed by atoms with Crippen molar-refractivity contribution in [1.82, 2.24) is 0 Å². The highest BCUT2D eigenvalue weighted by Crippen LogP contribution is 2.28. The minimum absolute atomic E-state index is 0.0361. The third-order valence-corrected chi connectivity index (χ3v) is 2.94. The zero-order valence-corrected chi connectivity index (χ0v) is 11.4. The molecule has 0 heterocycles. The molecule has 2 aromatic rings. The molecule has 4 N–H and O–H groups in total. The summed E-state index contributed by atoms with van der Waals surface area (Å²) >= 11 is 0. The molecule has 0 spiro atoms. The van der Waals surface area contributed by atoms with Gasteiger partial charge in [-0.3, -0.25) is 4.79 Å². The zero-order valence-electron chi connectivity index (χ0n) is 11.4. The molecule has 21 heavy (non-hydrogen) atoms. The number of rotatable bonds is 4. The lowest BCUT2D eigenvalue weighted by atomic mass is 10.0. The van der Waals surface area contributed by atoms with Crippen LogP contribution in [0.1, 0.15) is 11.1 Å². The van der Waals surface area contributed by atoms with Crippen molar-refractivity contribution >= 4 is 17.6 Å². The third-order valence-electron chi connectivity index (χ3n) is 2.94. The van der Waals surface area contributed by atoms with Gasteiger partial charge in [-0.2, -0.15) is 0 Å². The van der Waals surface area contributed by atoms with Gasteiger partial charge in [-0.1, -0.05) is 18.2 Å². The van der Waals surface area contributed by atoms with Gasteiger partial charge in [0.05, 0.1) is 7.11 Å². The number of amides is 1. The van der Waals surface area contributed by atoms with Crippen LogP contribution in [-0.4, -0.2) is 23.2 Å². The maximum atomic E-state index is 11.6. The standard InChI is InChI=1S/C16H15NO4/c1-21-15-6-5-10(8-14(15)19)7-13(16(17)20)11-3-2-4-12(18)9-11/h2-9,18-19H,1H3,(H2,17,20)/b13-7+. The van der Waals surface area contributed by atoms with Gasteiger partial charge < -0.3 is 20.7 Å². The molecule has 0 aromatic heterocycles. The molecular weight excluding hydrogens is 270 g/mol. The number of hydrogen-bond acceptors (Lipinski definition) is 4. The van der Waals surface area contributed by atoms with Gasteiger partial charge >= 0.3 is 0 Å². The largest absolute Gasteiger partial charge is 0.508 e. The summed E-state index contributed by atoms with van der Waals surface area (Å²) < 4.78 is 4.96. The van der Waals surface area contributed by atoms with Gasteiger partial charge in [0.25, 0.3) is 0 Å². The number of phenolic OH excluding ortho intramolecular Hbond substituents is 2. The number of primary amides is 1. The van der Waals surface area contributed by atoms with Crippen molar-refractivity contribution in [1.29, 1.82) is 0 Å².